The summed E-state index contributed by atoms with van der Waals surface area (Å²) in [5, 5.41) is 2.82. The van der Waals surface area contributed by atoms with Crippen molar-refractivity contribution in [2.45, 2.75) is 52.2 Å². The van der Waals surface area contributed by atoms with Crippen molar-refractivity contribution in [3.63, 3.8) is 0 Å². The molecule has 0 aliphatic carbocycles. The van der Waals surface area contributed by atoms with Gasteiger partial charge in [-0.25, -0.2) is 4.79 Å². The third kappa shape index (κ3) is 7.56. The minimum atomic E-state index is -0.456. The molecule has 1 aromatic rings. The topological polar surface area (TPSA) is 51.2 Å². The van der Waals surface area contributed by atoms with Crippen LogP contribution < -0.4 is 5.32 Å². The van der Waals surface area contributed by atoms with Gasteiger partial charge in [-0.15, -0.1) is 0 Å². The van der Waals surface area contributed by atoms with Gasteiger partial charge < -0.3 is 10.1 Å². The van der Waals surface area contributed by atoms with E-state index in [0.717, 1.165) is 18.5 Å². The van der Waals surface area contributed by atoms with E-state index in [4.69, 9.17) is 4.74 Å². The van der Waals surface area contributed by atoms with E-state index in [-0.39, 0.29) is 12.1 Å². The molecule has 1 atom stereocenters. The van der Waals surface area contributed by atoms with E-state index in [0.29, 0.717) is 0 Å². The number of rotatable bonds is 5. The Balaban J connectivity index is 2.25. The van der Waals surface area contributed by atoms with Crippen LogP contribution in [0.4, 0.5) is 4.79 Å². The van der Waals surface area contributed by atoms with Crippen LogP contribution in [0, 0.1) is 0 Å². The Morgan fingerprint density at radius 3 is 2.80 bits per heavy atom. The number of ether oxygens (including phenoxy) is 1. The van der Waals surface area contributed by atoms with Crippen molar-refractivity contribution >= 4 is 12.2 Å². The highest BCUT2D eigenvalue weighted by Crippen LogP contribution is 2.08. The predicted molar refractivity (Wildman–Crippen MR) is 81.3 cm³/mol. The molecule has 1 N–H and O–H groups in total. The number of amides is 1. The molecule has 0 fully saturated rings. The SMILES string of the molecule is C[C@@H](CC/C=C/c1ccccn1)NC(=O)OC(C)(C)C. The lowest BCUT2D eigenvalue weighted by Gasteiger charge is -2.21. The maximum atomic E-state index is 11.6. The van der Waals surface area contributed by atoms with Crippen LogP contribution in [-0.4, -0.2) is 22.7 Å². The van der Waals surface area contributed by atoms with Gasteiger partial charge in [0.15, 0.2) is 0 Å². The van der Waals surface area contributed by atoms with Crippen LogP contribution in [0.1, 0.15) is 46.2 Å². The van der Waals surface area contributed by atoms with Crippen LogP contribution >= 0.6 is 0 Å². The van der Waals surface area contributed by atoms with Crippen LogP contribution in [-0.2, 0) is 4.74 Å². The quantitative estimate of drug-likeness (QED) is 0.890. The van der Waals surface area contributed by atoms with Crippen molar-refractivity contribution in [1.29, 1.82) is 0 Å². The zero-order valence-corrected chi connectivity index (χ0v) is 12.7. The van der Waals surface area contributed by atoms with Gasteiger partial charge >= 0.3 is 6.09 Å². The van der Waals surface area contributed by atoms with E-state index in [1.54, 1.807) is 6.20 Å². The zero-order chi connectivity index (χ0) is 15.0. The molecule has 4 heteroatoms. The first kappa shape index (κ1) is 16.2. The summed E-state index contributed by atoms with van der Waals surface area (Å²) in [6.45, 7) is 7.53. The summed E-state index contributed by atoms with van der Waals surface area (Å²) in [6.07, 6.45) is 7.21. The van der Waals surface area contributed by atoms with Crippen LogP contribution in [0.5, 0.6) is 0 Å². The number of pyridine rings is 1. The lowest BCUT2D eigenvalue weighted by atomic mass is 10.1. The number of hydrogen-bond acceptors (Lipinski definition) is 3. The fourth-order valence-corrected chi connectivity index (χ4v) is 1.61. The molecule has 110 valence electrons. The van der Waals surface area contributed by atoms with E-state index >= 15 is 0 Å². The highest BCUT2D eigenvalue weighted by molar-refractivity contribution is 5.68. The van der Waals surface area contributed by atoms with Gasteiger partial charge in [0.2, 0.25) is 0 Å². The summed E-state index contributed by atoms with van der Waals surface area (Å²) in [5.41, 5.74) is 0.489. The molecule has 1 amide bonds. The molecule has 0 aliphatic heterocycles. The average molecular weight is 276 g/mol. The second kappa shape index (κ2) is 7.68. The second-order valence-corrected chi connectivity index (χ2v) is 5.78. The van der Waals surface area contributed by atoms with Crippen molar-refractivity contribution in [2.75, 3.05) is 0 Å². The third-order valence-corrected chi connectivity index (χ3v) is 2.51. The van der Waals surface area contributed by atoms with Crippen molar-refractivity contribution < 1.29 is 9.53 Å². The van der Waals surface area contributed by atoms with Crippen LogP contribution in [0.25, 0.3) is 6.08 Å². The lowest BCUT2D eigenvalue weighted by Crippen LogP contribution is -2.37. The summed E-state index contributed by atoms with van der Waals surface area (Å²) >= 11 is 0. The van der Waals surface area contributed by atoms with Gasteiger partial charge in [-0.3, -0.25) is 4.98 Å². The molecule has 0 saturated heterocycles. The standard InChI is InChI=1S/C16H24N2O2/c1-13(18-15(19)20-16(2,3)4)9-5-6-10-14-11-7-8-12-17-14/h6-8,10-13H,5,9H2,1-4H3,(H,18,19)/b10-6+/t13-/m0/s1. The van der Waals surface area contributed by atoms with E-state index in [1.165, 1.54) is 0 Å². The fourth-order valence-electron chi connectivity index (χ4n) is 1.61. The summed E-state index contributed by atoms with van der Waals surface area (Å²) in [6, 6.07) is 5.89. The lowest BCUT2D eigenvalue weighted by molar-refractivity contribution is 0.0506. The number of nitrogens with zero attached hydrogens (tertiary/aromatic N) is 1. The number of aromatic nitrogens is 1. The van der Waals surface area contributed by atoms with Gasteiger partial charge in [0.25, 0.3) is 0 Å². The molecule has 0 radical (unpaired) electrons. The minimum absolute atomic E-state index is 0.0817. The van der Waals surface area contributed by atoms with Crippen molar-refractivity contribution in [3.8, 4) is 0 Å². The molecule has 20 heavy (non-hydrogen) atoms. The monoisotopic (exact) mass is 276 g/mol. The second-order valence-electron chi connectivity index (χ2n) is 5.78. The summed E-state index contributed by atoms with van der Waals surface area (Å²) in [4.78, 5) is 15.8. The number of alkyl carbamates (subject to hydrolysis) is 1. The number of carbonyl (C=O) groups is 1. The van der Waals surface area contributed by atoms with E-state index in [9.17, 15) is 4.79 Å². The van der Waals surface area contributed by atoms with Gasteiger partial charge in [-0.1, -0.05) is 12.1 Å². The third-order valence-electron chi connectivity index (χ3n) is 2.51. The molecule has 0 aromatic carbocycles. The largest absolute Gasteiger partial charge is 0.444 e. The first-order valence-corrected chi connectivity index (χ1v) is 6.94. The number of nitrogens with one attached hydrogen (secondary N) is 1. The van der Waals surface area contributed by atoms with Gasteiger partial charge in [0.05, 0.1) is 5.69 Å². The number of hydrogen-bond donors (Lipinski definition) is 1. The Hall–Kier alpha value is -1.84. The van der Waals surface area contributed by atoms with Crippen LogP contribution in [0.3, 0.4) is 0 Å². The van der Waals surface area contributed by atoms with Crippen LogP contribution in [0.2, 0.25) is 0 Å². The molecule has 4 nitrogen and oxygen atoms in total. The molecule has 1 aromatic heterocycles. The smallest absolute Gasteiger partial charge is 0.407 e. The van der Waals surface area contributed by atoms with Crippen molar-refractivity contribution in [1.82, 2.24) is 10.3 Å². The Morgan fingerprint density at radius 2 is 2.20 bits per heavy atom. The minimum Gasteiger partial charge on any atom is -0.444 e. The first-order valence-electron chi connectivity index (χ1n) is 6.94. The summed E-state index contributed by atoms with van der Waals surface area (Å²) in [7, 11) is 0. The van der Waals surface area contributed by atoms with Crippen LogP contribution in [0.15, 0.2) is 30.5 Å². The maximum Gasteiger partial charge on any atom is 0.407 e. The van der Waals surface area contributed by atoms with Gasteiger partial charge in [-0.2, -0.15) is 0 Å². The van der Waals surface area contributed by atoms with Gasteiger partial charge in [0, 0.05) is 12.2 Å². The molecular formula is C16H24N2O2. The molecule has 0 saturated carbocycles. The fraction of sp³-hybridized carbons (Fsp3) is 0.500. The predicted octanol–water partition coefficient (Wildman–Crippen LogP) is 3.79. The summed E-state index contributed by atoms with van der Waals surface area (Å²) < 4.78 is 5.21. The van der Waals surface area contributed by atoms with E-state index < -0.39 is 5.60 Å². The average Bonchev–Trinajstić information content (AvgIpc) is 2.33. The molecule has 1 rings (SSSR count). The first-order chi connectivity index (χ1) is 9.37. The molecule has 0 unspecified atom stereocenters. The normalized spacial score (nSPS) is 13.2. The highest BCUT2D eigenvalue weighted by Gasteiger charge is 2.17. The Bertz CT molecular complexity index is 436. The molecule has 0 aliphatic rings. The highest BCUT2D eigenvalue weighted by atomic mass is 16.6. The number of carbonyl (C=O) groups excluding carboxylic acids is 1. The number of allylic oxidation sites excluding steroid dienone is 1. The van der Waals surface area contributed by atoms with Gasteiger partial charge in [-0.05, 0) is 58.7 Å². The molecule has 0 bridgehead atoms. The Kier molecular flexibility index (Phi) is 6.22. The Morgan fingerprint density at radius 1 is 1.45 bits per heavy atom. The van der Waals surface area contributed by atoms with Crippen molar-refractivity contribution in [2.24, 2.45) is 0 Å². The maximum absolute atomic E-state index is 11.6. The summed E-state index contributed by atoms with van der Waals surface area (Å²) in [5.74, 6) is 0. The van der Waals surface area contributed by atoms with Crippen molar-refractivity contribution in [3.05, 3.63) is 36.2 Å². The molecule has 1 heterocycles. The van der Waals surface area contributed by atoms with E-state index in [2.05, 4.69) is 16.4 Å². The molecular weight excluding hydrogens is 252 g/mol. The Labute approximate surface area is 121 Å². The van der Waals surface area contributed by atoms with E-state index in [1.807, 2.05) is 52.0 Å². The van der Waals surface area contributed by atoms with Gasteiger partial charge in [0.1, 0.15) is 5.60 Å². The zero-order valence-electron chi connectivity index (χ0n) is 12.7. The molecule has 0 spiro atoms.